The Hall–Kier alpha value is -1.92. The Morgan fingerprint density at radius 1 is 1.14 bits per heavy atom. The van der Waals surface area contributed by atoms with E-state index in [0.29, 0.717) is 21.9 Å². The Bertz CT molecular complexity index is 1030. The number of aromatic nitrogens is 2. The van der Waals surface area contributed by atoms with Gasteiger partial charge in [0.15, 0.2) is 5.75 Å². The van der Waals surface area contributed by atoms with E-state index in [2.05, 4.69) is 4.98 Å². The normalized spacial score (nSPS) is 12.2. The zero-order valence-corrected chi connectivity index (χ0v) is 18.0. The molecule has 0 aliphatic rings. The van der Waals surface area contributed by atoms with E-state index in [0.717, 1.165) is 24.5 Å². The largest absolute Gasteiger partial charge is 0.424 e. The summed E-state index contributed by atoms with van der Waals surface area (Å²) in [6.45, 7) is 5.79. The van der Waals surface area contributed by atoms with E-state index in [1.54, 1.807) is 30.7 Å². The van der Waals surface area contributed by atoms with Gasteiger partial charge in [0.25, 0.3) is 0 Å². The lowest BCUT2D eigenvalue weighted by Crippen LogP contribution is -2.08. The van der Waals surface area contributed by atoms with Crippen LogP contribution in [0.1, 0.15) is 49.3 Å². The third-order valence-corrected chi connectivity index (χ3v) is 5.63. The van der Waals surface area contributed by atoms with Crippen molar-refractivity contribution in [1.29, 1.82) is 0 Å². The number of halogens is 5. The van der Waals surface area contributed by atoms with Crippen molar-refractivity contribution in [1.82, 2.24) is 9.55 Å². The minimum Gasteiger partial charge on any atom is -0.424 e. The number of hydrogen-bond donors (Lipinski definition) is 0. The molecule has 0 aliphatic carbocycles. The molecule has 0 saturated heterocycles. The lowest BCUT2D eigenvalue weighted by Gasteiger charge is -2.17. The maximum Gasteiger partial charge on any atom is 0.418 e. The summed E-state index contributed by atoms with van der Waals surface area (Å²) in [4.78, 5) is 4.22. The maximum absolute atomic E-state index is 13.6. The molecule has 0 radical (unpaired) electrons. The molecule has 0 fully saturated rings. The van der Waals surface area contributed by atoms with E-state index in [4.69, 9.17) is 27.9 Å². The summed E-state index contributed by atoms with van der Waals surface area (Å²) in [5.74, 6) is 0.427. The first-order chi connectivity index (χ1) is 13.6. The summed E-state index contributed by atoms with van der Waals surface area (Å²) in [7, 11) is 1.65. The topological polar surface area (TPSA) is 27.1 Å². The van der Waals surface area contributed by atoms with E-state index in [-0.39, 0.29) is 22.5 Å². The molecule has 3 rings (SSSR count). The molecule has 0 N–H and O–H groups in total. The van der Waals surface area contributed by atoms with Gasteiger partial charge in [0.2, 0.25) is 0 Å². The molecule has 1 aromatic heterocycles. The second-order valence-corrected chi connectivity index (χ2v) is 7.84. The van der Waals surface area contributed by atoms with Crippen molar-refractivity contribution in [3.05, 3.63) is 51.0 Å². The molecule has 0 unspecified atom stereocenters. The maximum atomic E-state index is 13.6. The Balaban J connectivity index is 2.25. The Labute approximate surface area is 177 Å². The lowest BCUT2D eigenvalue weighted by molar-refractivity contribution is -0.136. The van der Waals surface area contributed by atoms with Crippen LogP contribution in [0.4, 0.5) is 13.2 Å². The Kier molecular flexibility index (Phi) is 6.06. The van der Waals surface area contributed by atoms with Crippen LogP contribution in [-0.4, -0.2) is 9.55 Å². The minimum atomic E-state index is -4.52. The number of benzene rings is 2. The molecule has 29 heavy (non-hydrogen) atoms. The van der Waals surface area contributed by atoms with Gasteiger partial charge in [-0.25, -0.2) is 0 Å². The summed E-state index contributed by atoms with van der Waals surface area (Å²) < 4.78 is 48.3. The zero-order valence-electron chi connectivity index (χ0n) is 16.5. The zero-order chi connectivity index (χ0) is 21.5. The van der Waals surface area contributed by atoms with Crippen molar-refractivity contribution in [3.8, 4) is 11.8 Å². The van der Waals surface area contributed by atoms with Gasteiger partial charge >= 0.3 is 12.2 Å². The minimum absolute atomic E-state index is 0.0382. The molecule has 0 bridgehead atoms. The molecule has 0 saturated carbocycles. The first-order valence-corrected chi connectivity index (χ1v) is 10.0. The lowest BCUT2D eigenvalue weighted by atomic mass is 9.91. The van der Waals surface area contributed by atoms with Crippen LogP contribution in [0.15, 0.2) is 24.3 Å². The van der Waals surface area contributed by atoms with E-state index in [1.807, 2.05) is 13.8 Å². The van der Waals surface area contributed by atoms with Crippen LogP contribution in [0.3, 0.4) is 0 Å². The SMILES string of the molecule is CCC(CC)c1ccc(C(F)(F)F)c2nc(Oc3c(C)cc(Cl)cc3Cl)n(C)c12. The summed E-state index contributed by atoms with van der Waals surface area (Å²) in [5.41, 5.74) is 0.993. The summed E-state index contributed by atoms with van der Waals surface area (Å²) in [6.07, 6.45) is -2.91. The molecule has 3 nitrogen and oxygen atoms in total. The molecular formula is C21H21Cl2F3N2O. The second-order valence-electron chi connectivity index (χ2n) is 7.00. The number of rotatable bonds is 5. The highest BCUT2D eigenvalue weighted by Crippen LogP contribution is 2.42. The van der Waals surface area contributed by atoms with Crippen molar-refractivity contribution in [2.45, 2.75) is 45.7 Å². The molecule has 1 heterocycles. The highest BCUT2D eigenvalue weighted by atomic mass is 35.5. The number of alkyl halides is 3. The number of fused-ring (bicyclic) bond motifs is 1. The van der Waals surface area contributed by atoms with E-state index >= 15 is 0 Å². The van der Waals surface area contributed by atoms with Gasteiger partial charge in [-0.05, 0) is 55.0 Å². The van der Waals surface area contributed by atoms with Crippen LogP contribution in [0.25, 0.3) is 11.0 Å². The third-order valence-electron chi connectivity index (χ3n) is 5.13. The number of ether oxygens (including phenoxy) is 1. The highest BCUT2D eigenvalue weighted by Gasteiger charge is 2.35. The van der Waals surface area contributed by atoms with Gasteiger partial charge in [-0.15, -0.1) is 0 Å². The van der Waals surface area contributed by atoms with Gasteiger partial charge in [0, 0.05) is 12.1 Å². The molecule has 156 valence electrons. The Morgan fingerprint density at radius 3 is 2.34 bits per heavy atom. The van der Waals surface area contributed by atoms with Gasteiger partial charge in [0.1, 0.15) is 5.52 Å². The first-order valence-electron chi connectivity index (χ1n) is 9.28. The van der Waals surface area contributed by atoms with Gasteiger partial charge in [-0.1, -0.05) is 43.1 Å². The van der Waals surface area contributed by atoms with Gasteiger partial charge in [-0.2, -0.15) is 18.2 Å². The van der Waals surface area contributed by atoms with E-state index in [9.17, 15) is 13.2 Å². The summed E-state index contributed by atoms with van der Waals surface area (Å²) in [6, 6.07) is 5.88. The smallest absolute Gasteiger partial charge is 0.418 e. The molecular weight excluding hydrogens is 424 g/mol. The fourth-order valence-corrected chi connectivity index (χ4v) is 4.25. The van der Waals surface area contributed by atoms with Crippen LogP contribution in [0.2, 0.25) is 10.0 Å². The molecule has 8 heteroatoms. The van der Waals surface area contributed by atoms with Crippen LogP contribution in [-0.2, 0) is 13.2 Å². The van der Waals surface area contributed by atoms with Crippen LogP contribution in [0, 0.1) is 6.92 Å². The number of aryl methyl sites for hydroxylation is 2. The van der Waals surface area contributed by atoms with Gasteiger partial charge in [-0.3, -0.25) is 4.57 Å². The molecule has 0 amide bonds. The quantitative estimate of drug-likeness (QED) is 0.399. The van der Waals surface area contributed by atoms with E-state index in [1.165, 1.54) is 6.07 Å². The van der Waals surface area contributed by atoms with Crippen LogP contribution < -0.4 is 4.74 Å². The summed E-state index contributed by atoms with van der Waals surface area (Å²) >= 11 is 12.2. The highest BCUT2D eigenvalue weighted by molar-refractivity contribution is 6.35. The van der Waals surface area contributed by atoms with Gasteiger partial charge in [0.05, 0.1) is 16.1 Å². The second kappa shape index (κ2) is 8.07. The predicted octanol–water partition coefficient (Wildman–Crippen LogP) is 7.90. The van der Waals surface area contributed by atoms with Crippen molar-refractivity contribution in [3.63, 3.8) is 0 Å². The number of nitrogens with zero attached hydrogens (tertiary/aromatic N) is 2. The summed E-state index contributed by atoms with van der Waals surface area (Å²) in [5, 5.41) is 0.707. The fourth-order valence-electron chi connectivity index (χ4n) is 3.61. The van der Waals surface area contributed by atoms with Gasteiger partial charge < -0.3 is 4.74 Å². The van der Waals surface area contributed by atoms with Crippen LogP contribution in [0.5, 0.6) is 11.8 Å². The monoisotopic (exact) mass is 444 g/mol. The van der Waals surface area contributed by atoms with E-state index < -0.39 is 11.7 Å². The average Bonchev–Trinajstić information content (AvgIpc) is 2.95. The molecule has 0 atom stereocenters. The molecule has 3 aromatic rings. The van der Waals surface area contributed by atoms with Crippen molar-refractivity contribution in [2.75, 3.05) is 0 Å². The molecule has 0 aliphatic heterocycles. The molecule has 2 aromatic carbocycles. The molecule has 0 spiro atoms. The first kappa shape index (κ1) is 21.8. The third kappa shape index (κ3) is 4.05. The Morgan fingerprint density at radius 2 is 1.79 bits per heavy atom. The number of imidazole rings is 1. The fraction of sp³-hybridized carbons (Fsp3) is 0.381. The van der Waals surface area contributed by atoms with Crippen molar-refractivity contribution in [2.24, 2.45) is 7.05 Å². The average molecular weight is 445 g/mol. The standard InChI is InChI=1S/C21H21Cl2F3N2O/c1-5-12(6-2)14-7-8-15(21(24,25)26)17-18(14)28(4)20(27-17)29-19-11(3)9-13(22)10-16(19)23/h7-10,12H,5-6H2,1-4H3. The number of hydrogen-bond acceptors (Lipinski definition) is 2. The van der Waals surface area contributed by atoms with Crippen molar-refractivity contribution >= 4 is 34.2 Å². The predicted molar refractivity (Wildman–Crippen MR) is 110 cm³/mol. The van der Waals surface area contributed by atoms with Crippen molar-refractivity contribution < 1.29 is 17.9 Å². The van der Waals surface area contributed by atoms with Crippen LogP contribution >= 0.6 is 23.2 Å².